The SMILES string of the molecule is Cc1cc([S+]([O-])c2ccccc2)ccc1-c1ccccc1. The molecule has 21 heavy (non-hydrogen) atoms. The molecule has 0 radical (unpaired) electrons. The fraction of sp³-hybridized carbons (Fsp3) is 0.0526. The van der Waals surface area contributed by atoms with E-state index in [-0.39, 0.29) is 0 Å². The minimum Gasteiger partial charge on any atom is -0.606 e. The van der Waals surface area contributed by atoms with Crippen molar-refractivity contribution in [2.24, 2.45) is 0 Å². The Hall–Kier alpha value is -2.03. The molecule has 3 rings (SSSR count). The first-order valence-electron chi connectivity index (χ1n) is 6.88. The van der Waals surface area contributed by atoms with Crippen molar-refractivity contribution in [2.75, 3.05) is 0 Å². The Morgan fingerprint density at radius 2 is 1.33 bits per heavy atom. The standard InChI is InChI=1S/C19H16OS/c1-15-14-18(21(20)17-10-6-3-7-11-17)12-13-19(15)16-8-4-2-5-9-16/h2-14H,1H3. The van der Waals surface area contributed by atoms with Gasteiger partial charge in [-0.25, -0.2) is 0 Å². The second-order valence-electron chi connectivity index (χ2n) is 4.92. The molecule has 104 valence electrons. The molecule has 0 aromatic heterocycles. The summed E-state index contributed by atoms with van der Waals surface area (Å²) in [7, 11) is 0. The molecule has 0 spiro atoms. The van der Waals surface area contributed by atoms with Crippen molar-refractivity contribution >= 4 is 11.2 Å². The molecule has 0 bridgehead atoms. The third-order valence-electron chi connectivity index (χ3n) is 3.45. The van der Waals surface area contributed by atoms with E-state index in [1.54, 1.807) is 0 Å². The molecule has 1 unspecified atom stereocenters. The lowest BCUT2D eigenvalue weighted by Gasteiger charge is -2.12. The van der Waals surface area contributed by atoms with Crippen molar-refractivity contribution in [1.29, 1.82) is 0 Å². The summed E-state index contributed by atoms with van der Waals surface area (Å²) in [6, 6.07) is 25.9. The molecule has 0 aliphatic rings. The van der Waals surface area contributed by atoms with Gasteiger partial charge in [-0.15, -0.1) is 0 Å². The van der Waals surface area contributed by atoms with Gasteiger partial charge in [0.1, 0.15) is 0 Å². The monoisotopic (exact) mass is 292 g/mol. The van der Waals surface area contributed by atoms with Crippen LogP contribution in [0.25, 0.3) is 11.1 Å². The topological polar surface area (TPSA) is 23.1 Å². The number of rotatable bonds is 3. The maximum Gasteiger partial charge on any atom is 0.158 e. The second kappa shape index (κ2) is 6.17. The van der Waals surface area contributed by atoms with Crippen LogP contribution in [0.2, 0.25) is 0 Å². The number of benzene rings is 3. The van der Waals surface area contributed by atoms with Gasteiger partial charge in [-0.3, -0.25) is 0 Å². The van der Waals surface area contributed by atoms with E-state index in [1.165, 1.54) is 11.1 Å². The van der Waals surface area contributed by atoms with Gasteiger partial charge in [0, 0.05) is 11.2 Å². The Morgan fingerprint density at radius 1 is 0.714 bits per heavy atom. The zero-order valence-corrected chi connectivity index (χ0v) is 12.6. The first-order chi connectivity index (χ1) is 10.3. The highest BCUT2D eigenvalue weighted by Gasteiger charge is 2.15. The molecule has 0 heterocycles. The third kappa shape index (κ3) is 3.02. The van der Waals surface area contributed by atoms with Crippen LogP contribution in [0.1, 0.15) is 5.56 Å². The summed E-state index contributed by atoms with van der Waals surface area (Å²) in [5.74, 6) is 0. The molecule has 3 aromatic carbocycles. The van der Waals surface area contributed by atoms with Crippen LogP contribution in [0, 0.1) is 6.92 Å². The molecule has 2 heteroatoms. The lowest BCUT2D eigenvalue weighted by atomic mass is 10.0. The van der Waals surface area contributed by atoms with Gasteiger partial charge in [0.15, 0.2) is 9.79 Å². The molecule has 0 amide bonds. The molecule has 0 fully saturated rings. The molecule has 1 atom stereocenters. The van der Waals surface area contributed by atoms with Crippen molar-refractivity contribution in [3.63, 3.8) is 0 Å². The molecule has 0 saturated heterocycles. The summed E-state index contributed by atoms with van der Waals surface area (Å²) < 4.78 is 12.6. The van der Waals surface area contributed by atoms with Crippen molar-refractivity contribution in [2.45, 2.75) is 16.7 Å². The van der Waals surface area contributed by atoms with Crippen LogP contribution in [0.5, 0.6) is 0 Å². The van der Waals surface area contributed by atoms with Crippen LogP contribution in [-0.2, 0) is 11.2 Å². The predicted molar refractivity (Wildman–Crippen MR) is 87.7 cm³/mol. The molecule has 1 nitrogen and oxygen atoms in total. The Kier molecular flexibility index (Phi) is 4.09. The van der Waals surface area contributed by atoms with Crippen molar-refractivity contribution in [3.8, 4) is 11.1 Å². The Balaban J connectivity index is 1.95. The summed E-state index contributed by atoms with van der Waals surface area (Å²) in [4.78, 5) is 1.68. The minimum atomic E-state index is -1.12. The summed E-state index contributed by atoms with van der Waals surface area (Å²) in [5.41, 5.74) is 3.51. The molecular weight excluding hydrogens is 276 g/mol. The van der Waals surface area contributed by atoms with E-state index in [0.717, 1.165) is 15.4 Å². The highest BCUT2D eigenvalue weighted by atomic mass is 32.2. The normalized spacial score (nSPS) is 12.1. The zero-order chi connectivity index (χ0) is 14.7. The van der Waals surface area contributed by atoms with Crippen molar-refractivity contribution < 1.29 is 4.55 Å². The van der Waals surface area contributed by atoms with E-state index in [9.17, 15) is 4.55 Å². The molecule has 0 aliphatic carbocycles. The first kappa shape index (κ1) is 13.9. The van der Waals surface area contributed by atoms with Crippen molar-refractivity contribution in [1.82, 2.24) is 0 Å². The van der Waals surface area contributed by atoms with Gasteiger partial charge in [0.25, 0.3) is 0 Å². The second-order valence-corrected chi connectivity index (χ2v) is 6.40. The van der Waals surface area contributed by atoms with Crippen molar-refractivity contribution in [3.05, 3.63) is 84.4 Å². The predicted octanol–water partition coefficient (Wildman–Crippen LogP) is 4.83. The van der Waals surface area contributed by atoms with Gasteiger partial charge in [-0.2, -0.15) is 0 Å². The fourth-order valence-corrected chi connectivity index (χ4v) is 3.53. The quantitative estimate of drug-likeness (QED) is 0.634. The largest absolute Gasteiger partial charge is 0.606 e. The summed E-state index contributed by atoms with van der Waals surface area (Å²) in [5, 5.41) is 0. The van der Waals surface area contributed by atoms with Crippen LogP contribution < -0.4 is 0 Å². The Bertz CT molecular complexity index is 723. The van der Waals surface area contributed by atoms with Crippen LogP contribution in [-0.4, -0.2) is 4.55 Å². The maximum absolute atomic E-state index is 12.6. The van der Waals surface area contributed by atoms with E-state index in [1.807, 2.05) is 60.7 Å². The lowest BCUT2D eigenvalue weighted by molar-refractivity contribution is 0.595. The average molecular weight is 292 g/mol. The third-order valence-corrected chi connectivity index (χ3v) is 4.84. The number of aryl methyl sites for hydroxylation is 1. The first-order valence-corrected chi connectivity index (χ1v) is 8.03. The van der Waals surface area contributed by atoms with E-state index in [0.29, 0.717) is 0 Å². The fourth-order valence-electron chi connectivity index (χ4n) is 2.37. The zero-order valence-electron chi connectivity index (χ0n) is 11.8. The Labute approximate surface area is 128 Å². The molecule has 0 N–H and O–H groups in total. The summed E-state index contributed by atoms with van der Waals surface area (Å²) in [6.45, 7) is 2.06. The summed E-state index contributed by atoms with van der Waals surface area (Å²) >= 11 is -1.12. The van der Waals surface area contributed by atoms with Crippen LogP contribution in [0.4, 0.5) is 0 Å². The smallest absolute Gasteiger partial charge is 0.158 e. The van der Waals surface area contributed by atoms with E-state index >= 15 is 0 Å². The highest BCUT2D eigenvalue weighted by molar-refractivity contribution is 7.91. The van der Waals surface area contributed by atoms with Gasteiger partial charge < -0.3 is 4.55 Å². The van der Waals surface area contributed by atoms with E-state index in [2.05, 4.69) is 25.1 Å². The summed E-state index contributed by atoms with van der Waals surface area (Å²) in [6.07, 6.45) is 0. The van der Waals surface area contributed by atoms with Gasteiger partial charge >= 0.3 is 0 Å². The van der Waals surface area contributed by atoms with Gasteiger partial charge in [-0.1, -0.05) is 48.5 Å². The minimum absolute atomic E-state index is 0.837. The van der Waals surface area contributed by atoms with Crippen LogP contribution >= 0.6 is 0 Å². The average Bonchev–Trinajstić information content (AvgIpc) is 2.55. The number of hydrogen-bond acceptors (Lipinski definition) is 1. The van der Waals surface area contributed by atoms with Gasteiger partial charge in [0.2, 0.25) is 0 Å². The molecule has 0 saturated carbocycles. The molecule has 3 aromatic rings. The highest BCUT2D eigenvalue weighted by Crippen LogP contribution is 2.28. The molecular formula is C19H16OS. The lowest BCUT2D eigenvalue weighted by Crippen LogP contribution is -2.02. The maximum atomic E-state index is 12.6. The van der Waals surface area contributed by atoms with Gasteiger partial charge in [0.05, 0.1) is 0 Å². The van der Waals surface area contributed by atoms with Crippen LogP contribution in [0.3, 0.4) is 0 Å². The van der Waals surface area contributed by atoms with Crippen LogP contribution in [0.15, 0.2) is 88.7 Å². The Morgan fingerprint density at radius 3 is 1.95 bits per heavy atom. The molecule has 0 aliphatic heterocycles. The number of hydrogen-bond donors (Lipinski definition) is 0. The van der Waals surface area contributed by atoms with E-state index < -0.39 is 11.2 Å². The van der Waals surface area contributed by atoms with Gasteiger partial charge in [-0.05, 0) is 53.9 Å². The van der Waals surface area contributed by atoms with E-state index in [4.69, 9.17) is 0 Å².